The smallest absolute Gasteiger partial charge is 0.347 e. The molecule has 15 heavy (non-hydrogen) atoms. The van der Waals surface area contributed by atoms with Crippen molar-refractivity contribution in [2.24, 2.45) is 0 Å². The number of aromatic carboxylic acids is 1. The average Bonchev–Trinajstić information content (AvgIpc) is 2.62. The minimum atomic E-state index is -0.896. The Kier molecular flexibility index (Phi) is 3.02. The summed E-state index contributed by atoms with van der Waals surface area (Å²) in [4.78, 5) is 15.4. The zero-order chi connectivity index (χ0) is 10.8. The van der Waals surface area contributed by atoms with Gasteiger partial charge in [0, 0.05) is 6.61 Å². The zero-order valence-corrected chi connectivity index (χ0v) is 9.34. The number of carboxylic acid groups (broad SMARTS) is 1. The number of hydrogen-bond acceptors (Lipinski definition) is 4. The zero-order valence-electron chi connectivity index (χ0n) is 8.52. The highest BCUT2D eigenvalue weighted by molar-refractivity contribution is 7.13. The van der Waals surface area contributed by atoms with E-state index in [2.05, 4.69) is 4.98 Å². The molecule has 0 spiro atoms. The van der Waals surface area contributed by atoms with E-state index in [1.807, 2.05) is 0 Å². The summed E-state index contributed by atoms with van der Waals surface area (Å²) < 4.78 is 5.57. The molecule has 1 saturated heterocycles. The van der Waals surface area contributed by atoms with Crippen LogP contribution in [0.3, 0.4) is 0 Å². The molecule has 1 fully saturated rings. The Labute approximate surface area is 91.9 Å². The van der Waals surface area contributed by atoms with E-state index in [1.54, 1.807) is 6.92 Å². The standard InChI is InChI=1S/C10H13NO3S/c1-6-8(10(12)13)15-9(11-6)7-4-2-3-5-14-7/h7H,2-5H2,1H3,(H,12,13). The molecule has 1 aliphatic heterocycles. The van der Waals surface area contributed by atoms with Crippen LogP contribution in [0, 0.1) is 6.92 Å². The normalized spacial score (nSPS) is 21.5. The Morgan fingerprint density at radius 1 is 1.60 bits per heavy atom. The number of aromatic nitrogens is 1. The summed E-state index contributed by atoms with van der Waals surface area (Å²) >= 11 is 1.24. The van der Waals surface area contributed by atoms with Gasteiger partial charge < -0.3 is 9.84 Å². The van der Waals surface area contributed by atoms with E-state index in [1.165, 1.54) is 11.3 Å². The van der Waals surface area contributed by atoms with E-state index in [0.29, 0.717) is 10.6 Å². The monoisotopic (exact) mass is 227 g/mol. The second-order valence-corrected chi connectivity index (χ2v) is 4.66. The molecule has 1 aliphatic rings. The van der Waals surface area contributed by atoms with Crippen molar-refractivity contribution >= 4 is 17.3 Å². The van der Waals surface area contributed by atoms with Gasteiger partial charge in [-0.15, -0.1) is 11.3 Å². The van der Waals surface area contributed by atoms with Gasteiger partial charge in [0.05, 0.1) is 5.69 Å². The molecule has 0 aromatic carbocycles. The summed E-state index contributed by atoms with van der Waals surface area (Å²) in [6.07, 6.45) is 3.18. The van der Waals surface area contributed by atoms with Crippen LogP contribution < -0.4 is 0 Å². The molecule has 0 amide bonds. The molecule has 4 nitrogen and oxygen atoms in total. The molecule has 0 saturated carbocycles. The topological polar surface area (TPSA) is 59.4 Å². The van der Waals surface area contributed by atoms with Crippen LogP contribution in [0.25, 0.3) is 0 Å². The van der Waals surface area contributed by atoms with Crippen molar-refractivity contribution < 1.29 is 14.6 Å². The number of carbonyl (C=O) groups is 1. The minimum absolute atomic E-state index is 0.00977. The summed E-state index contributed by atoms with van der Waals surface area (Å²) in [6, 6.07) is 0. The Bertz CT molecular complexity index is 369. The highest BCUT2D eigenvalue weighted by atomic mass is 32.1. The van der Waals surface area contributed by atoms with Crippen LogP contribution in [0.2, 0.25) is 0 Å². The van der Waals surface area contributed by atoms with E-state index in [0.717, 1.165) is 30.9 Å². The molecule has 0 aliphatic carbocycles. The van der Waals surface area contributed by atoms with E-state index >= 15 is 0 Å². The first-order valence-corrected chi connectivity index (χ1v) is 5.82. The fourth-order valence-corrected chi connectivity index (χ4v) is 2.68. The lowest BCUT2D eigenvalue weighted by Crippen LogP contribution is -2.11. The third kappa shape index (κ3) is 2.18. The molecule has 1 atom stereocenters. The Hall–Kier alpha value is -0.940. The first-order chi connectivity index (χ1) is 7.18. The molecule has 82 valence electrons. The SMILES string of the molecule is Cc1nc(C2CCCCO2)sc1C(=O)O. The third-order valence-corrected chi connectivity index (χ3v) is 3.70. The molecule has 2 heterocycles. The Morgan fingerprint density at radius 2 is 2.40 bits per heavy atom. The molecule has 0 bridgehead atoms. The predicted octanol–water partition coefficient (Wildman–Crippen LogP) is 2.39. The van der Waals surface area contributed by atoms with Gasteiger partial charge in [-0.25, -0.2) is 9.78 Å². The quantitative estimate of drug-likeness (QED) is 0.842. The van der Waals surface area contributed by atoms with Crippen LogP contribution in [0.15, 0.2) is 0 Å². The second kappa shape index (κ2) is 4.28. The molecular formula is C10H13NO3S. The van der Waals surface area contributed by atoms with Crippen LogP contribution in [0.5, 0.6) is 0 Å². The third-order valence-electron chi connectivity index (χ3n) is 2.46. The van der Waals surface area contributed by atoms with Crippen LogP contribution in [0.4, 0.5) is 0 Å². The Balaban J connectivity index is 2.21. The number of nitrogens with zero attached hydrogens (tertiary/aromatic N) is 1. The molecule has 1 unspecified atom stereocenters. The number of rotatable bonds is 2. The van der Waals surface area contributed by atoms with Crippen molar-refractivity contribution in [2.75, 3.05) is 6.61 Å². The van der Waals surface area contributed by atoms with Crippen molar-refractivity contribution in [2.45, 2.75) is 32.3 Å². The van der Waals surface area contributed by atoms with Crippen molar-refractivity contribution in [3.8, 4) is 0 Å². The second-order valence-electron chi connectivity index (χ2n) is 3.63. The van der Waals surface area contributed by atoms with Crippen LogP contribution in [-0.4, -0.2) is 22.7 Å². The fraction of sp³-hybridized carbons (Fsp3) is 0.600. The number of aryl methyl sites for hydroxylation is 1. The maximum Gasteiger partial charge on any atom is 0.347 e. The summed E-state index contributed by atoms with van der Waals surface area (Å²) in [6.45, 7) is 2.48. The van der Waals surface area contributed by atoms with Gasteiger partial charge in [-0.2, -0.15) is 0 Å². The van der Waals surface area contributed by atoms with Gasteiger partial charge in [0.15, 0.2) is 0 Å². The highest BCUT2D eigenvalue weighted by Gasteiger charge is 2.22. The van der Waals surface area contributed by atoms with Crippen molar-refractivity contribution in [3.63, 3.8) is 0 Å². The van der Waals surface area contributed by atoms with Gasteiger partial charge in [0.1, 0.15) is 16.0 Å². The lowest BCUT2D eigenvalue weighted by molar-refractivity contribution is 0.0148. The molecule has 0 radical (unpaired) electrons. The first kappa shape index (κ1) is 10.6. The molecule has 1 N–H and O–H groups in total. The van der Waals surface area contributed by atoms with Gasteiger partial charge in [0.25, 0.3) is 0 Å². The molecule has 1 aromatic rings. The van der Waals surface area contributed by atoms with E-state index in [4.69, 9.17) is 9.84 Å². The van der Waals surface area contributed by atoms with E-state index in [-0.39, 0.29) is 6.10 Å². The van der Waals surface area contributed by atoms with Crippen LogP contribution in [-0.2, 0) is 4.74 Å². The van der Waals surface area contributed by atoms with Gasteiger partial charge in [-0.05, 0) is 26.2 Å². The molecular weight excluding hydrogens is 214 g/mol. The first-order valence-electron chi connectivity index (χ1n) is 5.00. The van der Waals surface area contributed by atoms with Crippen molar-refractivity contribution in [1.29, 1.82) is 0 Å². The number of thiazole rings is 1. The van der Waals surface area contributed by atoms with Crippen molar-refractivity contribution in [3.05, 3.63) is 15.6 Å². The lowest BCUT2D eigenvalue weighted by atomic mass is 10.1. The van der Waals surface area contributed by atoms with Gasteiger partial charge in [0.2, 0.25) is 0 Å². The summed E-state index contributed by atoms with van der Waals surface area (Å²) in [5.41, 5.74) is 0.594. The number of ether oxygens (including phenoxy) is 1. The lowest BCUT2D eigenvalue weighted by Gasteiger charge is -2.20. The summed E-state index contributed by atoms with van der Waals surface area (Å²) in [5, 5.41) is 9.72. The Morgan fingerprint density at radius 3 is 2.93 bits per heavy atom. The van der Waals surface area contributed by atoms with Crippen molar-refractivity contribution in [1.82, 2.24) is 4.98 Å². The maximum atomic E-state index is 10.8. The fourth-order valence-electron chi connectivity index (χ4n) is 1.69. The highest BCUT2D eigenvalue weighted by Crippen LogP contribution is 2.32. The largest absolute Gasteiger partial charge is 0.477 e. The van der Waals surface area contributed by atoms with Crippen LogP contribution in [0.1, 0.15) is 45.7 Å². The molecule has 1 aromatic heterocycles. The van der Waals surface area contributed by atoms with Crippen LogP contribution >= 0.6 is 11.3 Å². The summed E-state index contributed by atoms with van der Waals surface area (Å²) in [5.74, 6) is -0.896. The minimum Gasteiger partial charge on any atom is -0.477 e. The number of hydrogen-bond donors (Lipinski definition) is 1. The summed E-state index contributed by atoms with van der Waals surface area (Å²) in [7, 11) is 0. The number of carboxylic acids is 1. The van der Waals surface area contributed by atoms with E-state index in [9.17, 15) is 4.79 Å². The van der Waals surface area contributed by atoms with E-state index < -0.39 is 5.97 Å². The predicted molar refractivity (Wildman–Crippen MR) is 56.4 cm³/mol. The molecule has 5 heteroatoms. The van der Waals surface area contributed by atoms with Gasteiger partial charge >= 0.3 is 5.97 Å². The average molecular weight is 227 g/mol. The maximum absolute atomic E-state index is 10.8. The van der Waals surface area contributed by atoms with Gasteiger partial charge in [-0.3, -0.25) is 0 Å². The molecule has 2 rings (SSSR count). The van der Waals surface area contributed by atoms with Gasteiger partial charge in [-0.1, -0.05) is 0 Å².